The van der Waals surface area contributed by atoms with Crippen LogP contribution < -0.4 is 4.90 Å². The van der Waals surface area contributed by atoms with Crippen molar-refractivity contribution in [3.8, 4) is 0 Å². The highest BCUT2D eigenvalue weighted by atomic mass is 35.5. The van der Waals surface area contributed by atoms with Gasteiger partial charge < -0.3 is 4.52 Å². The van der Waals surface area contributed by atoms with Crippen LogP contribution in [-0.4, -0.2) is 21.8 Å². The Labute approximate surface area is 125 Å². The summed E-state index contributed by atoms with van der Waals surface area (Å²) < 4.78 is 5.12. The number of hydrogen-bond acceptors (Lipinski definition) is 5. The Morgan fingerprint density at radius 1 is 1.33 bits per heavy atom. The van der Waals surface area contributed by atoms with Gasteiger partial charge in [0, 0.05) is 10.9 Å². The van der Waals surface area contributed by atoms with Crippen molar-refractivity contribution in [2.75, 3.05) is 4.90 Å². The lowest BCUT2D eigenvalue weighted by Crippen LogP contribution is -2.29. The molecule has 0 N–H and O–H groups in total. The quantitative estimate of drug-likeness (QED) is 0.815. The van der Waals surface area contributed by atoms with Crippen molar-refractivity contribution in [3.63, 3.8) is 0 Å². The number of fused-ring (bicyclic) bond motifs is 1. The van der Waals surface area contributed by atoms with E-state index in [1.807, 2.05) is 13.8 Å². The molecule has 0 saturated carbocycles. The van der Waals surface area contributed by atoms with E-state index in [0.29, 0.717) is 28.0 Å². The second kappa shape index (κ2) is 4.96. The lowest BCUT2D eigenvalue weighted by atomic mass is 10.1. The molecule has 2 heterocycles. The lowest BCUT2D eigenvalue weighted by Gasteiger charge is -2.13. The molecule has 0 unspecified atom stereocenters. The monoisotopic (exact) mass is 305 g/mol. The number of benzene rings is 1. The molecule has 0 saturated heterocycles. The third kappa shape index (κ3) is 2.31. The zero-order valence-electron chi connectivity index (χ0n) is 11.5. The van der Waals surface area contributed by atoms with E-state index in [4.69, 9.17) is 16.1 Å². The lowest BCUT2D eigenvalue weighted by molar-refractivity contribution is -0.114. The fourth-order valence-corrected chi connectivity index (χ4v) is 2.30. The predicted octanol–water partition coefficient (Wildman–Crippen LogP) is 2.58. The maximum atomic E-state index is 12.1. The number of ketones is 1. The summed E-state index contributed by atoms with van der Waals surface area (Å²) in [6.07, 6.45) is 0. The number of rotatable bonds is 3. The highest BCUT2D eigenvalue weighted by Gasteiger charge is 2.36. The minimum absolute atomic E-state index is 0.0684. The SMILES string of the molecule is CC(C)c1noc(CN2C(=O)C(=O)c3cc(Cl)ccc32)n1. The average molecular weight is 306 g/mol. The van der Waals surface area contributed by atoms with Crippen LogP contribution in [0.25, 0.3) is 0 Å². The van der Waals surface area contributed by atoms with Gasteiger partial charge in [0.05, 0.1) is 11.3 Å². The highest BCUT2D eigenvalue weighted by Crippen LogP contribution is 2.32. The molecule has 0 bridgehead atoms. The molecule has 1 aromatic carbocycles. The van der Waals surface area contributed by atoms with Crippen LogP contribution in [0.3, 0.4) is 0 Å². The number of anilines is 1. The van der Waals surface area contributed by atoms with Gasteiger partial charge in [-0.2, -0.15) is 4.98 Å². The Balaban J connectivity index is 1.92. The van der Waals surface area contributed by atoms with E-state index in [2.05, 4.69) is 10.1 Å². The second-order valence-corrected chi connectivity index (χ2v) is 5.52. The van der Waals surface area contributed by atoms with Gasteiger partial charge in [0.2, 0.25) is 5.89 Å². The van der Waals surface area contributed by atoms with E-state index in [-0.39, 0.29) is 12.5 Å². The van der Waals surface area contributed by atoms with E-state index in [0.717, 1.165) is 0 Å². The van der Waals surface area contributed by atoms with Crippen molar-refractivity contribution >= 4 is 29.0 Å². The van der Waals surface area contributed by atoms with Gasteiger partial charge in [-0.05, 0) is 18.2 Å². The molecule has 0 fully saturated rings. The van der Waals surface area contributed by atoms with Gasteiger partial charge in [0.25, 0.3) is 11.7 Å². The Morgan fingerprint density at radius 3 is 2.76 bits per heavy atom. The van der Waals surface area contributed by atoms with Gasteiger partial charge in [0.1, 0.15) is 6.54 Å². The van der Waals surface area contributed by atoms with Crippen LogP contribution in [0.1, 0.15) is 41.8 Å². The van der Waals surface area contributed by atoms with Crippen molar-refractivity contribution in [1.82, 2.24) is 10.1 Å². The van der Waals surface area contributed by atoms with Gasteiger partial charge in [-0.25, -0.2) is 0 Å². The summed E-state index contributed by atoms with van der Waals surface area (Å²) >= 11 is 5.86. The molecule has 0 spiro atoms. The van der Waals surface area contributed by atoms with Crippen LogP contribution in [0.4, 0.5) is 5.69 Å². The standard InChI is InChI=1S/C14H12ClN3O3/c1-7(2)13-16-11(21-17-13)6-18-10-4-3-8(15)5-9(10)12(19)14(18)20/h3-5,7H,6H2,1-2H3. The van der Waals surface area contributed by atoms with E-state index in [9.17, 15) is 9.59 Å². The number of carbonyl (C=O) groups excluding carboxylic acids is 2. The topological polar surface area (TPSA) is 76.3 Å². The fourth-order valence-electron chi connectivity index (χ4n) is 2.13. The van der Waals surface area contributed by atoms with Gasteiger partial charge >= 0.3 is 0 Å². The number of carbonyl (C=O) groups is 2. The maximum absolute atomic E-state index is 12.1. The highest BCUT2D eigenvalue weighted by molar-refractivity contribution is 6.52. The zero-order chi connectivity index (χ0) is 15.1. The van der Waals surface area contributed by atoms with Crippen molar-refractivity contribution < 1.29 is 14.1 Å². The molecule has 7 heteroatoms. The van der Waals surface area contributed by atoms with Crippen LogP contribution in [0.15, 0.2) is 22.7 Å². The van der Waals surface area contributed by atoms with Crippen LogP contribution in [0, 0.1) is 0 Å². The number of hydrogen-bond donors (Lipinski definition) is 0. The largest absolute Gasteiger partial charge is 0.337 e. The molecule has 6 nitrogen and oxygen atoms in total. The van der Waals surface area contributed by atoms with Crippen molar-refractivity contribution in [1.29, 1.82) is 0 Å². The minimum Gasteiger partial charge on any atom is -0.337 e. The van der Waals surface area contributed by atoms with Gasteiger partial charge in [-0.15, -0.1) is 0 Å². The molecule has 1 aromatic heterocycles. The molecular weight excluding hydrogens is 294 g/mol. The van der Waals surface area contributed by atoms with Crippen molar-refractivity contribution in [3.05, 3.63) is 40.5 Å². The van der Waals surface area contributed by atoms with Crippen LogP contribution in [0.2, 0.25) is 5.02 Å². The average Bonchev–Trinajstić information content (AvgIpc) is 2.99. The fraction of sp³-hybridized carbons (Fsp3) is 0.286. The Hall–Kier alpha value is -2.21. The summed E-state index contributed by atoms with van der Waals surface area (Å²) in [4.78, 5) is 29.5. The summed E-state index contributed by atoms with van der Waals surface area (Å²) in [5, 5.41) is 4.26. The molecule has 21 heavy (non-hydrogen) atoms. The summed E-state index contributed by atoms with van der Waals surface area (Å²) in [5.41, 5.74) is 0.815. The Morgan fingerprint density at radius 2 is 2.10 bits per heavy atom. The molecule has 3 rings (SSSR count). The first-order valence-corrected chi connectivity index (χ1v) is 6.83. The smallest absolute Gasteiger partial charge is 0.299 e. The van der Waals surface area contributed by atoms with E-state index >= 15 is 0 Å². The molecule has 108 valence electrons. The Bertz CT molecular complexity index is 739. The Kier molecular flexibility index (Phi) is 3.25. The van der Waals surface area contributed by atoms with Crippen molar-refractivity contribution in [2.24, 2.45) is 0 Å². The normalized spacial score (nSPS) is 14.2. The summed E-state index contributed by atoms with van der Waals surface area (Å²) in [7, 11) is 0. The molecule has 2 aromatic rings. The van der Waals surface area contributed by atoms with Gasteiger partial charge in [-0.3, -0.25) is 14.5 Å². The molecular formula is C14H12ClN3O3. The first-order chi connectivity index (χ1) is 9.97. The van der Waals surface area contributed by atoms with Gasteiger partial charge in [0.15, 0.2) is 5.82 Å². The third-order valence-corrected chi connectivity index (χ3v) is 3.46. The minimum atomic E-state index is -0.614. The van der Waals surface area contributed by atoms with E-state index < -0.39 is 11.7 Å². The van der Waals surface area contributed by atoms with Gasteiger partial charge in [-0.1, -0.05) is 30.6 Å². The molecule has 1 aliphatic rings. The van der Waals surface area contributed by atoms with Crippen LogP contribution >= 0.6 is 11.6 Å². The molecule has 1 amide bonds. The second-order valence-electron chi connectivity index (χ2n) is 5.08. The van der Waals surface area contributed by atoms with E-state index in [1.54, 1.807) is 12.1 Å². The molecule has 0 radical (unpaired) electrons. The van der Waals surface area contributed by atoms with E-state index in [1.165, 1.54) is 11.0 Å². The molecule has 0 atom stereocenters. The number of aromatic nitrogens is 2. The first-order valence-electron chi connectivity index (χ1n) is 6.45. The number of halogens is 1. The number of Topliss-reactive ketones (excluding diaryl/α,β-unsaturated/α-hetero) is 1. The number of nitrogens with zero attached hydrogens (tertiary/aromatic N) is 3. The summed E-state index contributed by atoms with van der Waals surface area (Å²) in [6, 6.07) is 4.76. The van der Waals surface area contributed by atoms with Crippen LogP contribution in [0.5, 0.6) is 0 Å². The third-order valence-electron chi connectivity index (χ3n) is 3.23. The molecule has 0 aliphatic carbocycles. The maximum Gasteiger partial charge on any atom is 0.299 e. The van der Waals surface area contributed by atoms with Crippen LogP contribution in [-0.2, 0) is 11.3 Å². The summed E-state index contributed by atoms with van der Waals surface area (Å²) in [6.45, 7) is 3.95. The molecule has 1 aliphatic heterocycles. The number of amides is 1. The van der Waals surface area contributed by atoms with Crippen molar-refractivity contribution in [2.45, 2.75) is 26.3 Å². The first kappa shape index (κ1) is 13.8. The summed E-state index contributed by atoms with van der Waals surface area (Å²) in [5.74, 6) is -0.195. The zero-order valence-corrected chi connectivity index (χ0v) is 12.2. The predicted molar refractivity (Wildman–Crippen MR) is 75.4 cm³/mol.